The van der Waals surface area contributed by atoms with Crippen LogP contribution in [0, 0.1) is 23.7 Å². The molecule has 0 heterocycles. The molecule has 0 aliphatic heterocycles. The van der Waals surface area contributed by atoms with Crippen LogP contribution in [0.4, 0.5) is 0 Å². The summed E-state index contributed by atoms with van der Waals surface area (Å²) in [6.45, 7) is 0.263. The molecule has 1 saturated carbocycles. The zero-order valence-electron chi connectivity index (χ0n) is 11.6. The third-order valence-corrected chi connectivity index (χ3v) is 5.10. The van der Waals surface area contributed by atoms with Gasteiger partial charge in [0, 0.05) is 16.6 Å². The van der Waals surface area contributed by atoms with E-state index in [1.807, 2.05) is 12.2 Å². The zero-order valence-corrected chi connectivity index (χ0v) is 13.1. The first-order valence-electron chi connectivity index (χ1n) is 7.10. The van der Waals surface area contributed by atoms with E-state index < -0.39 is 17.8 Å². The summed E-state index contributed by atoms with van der Waals surface area (Å²) in [4.78, 5) is 23.8. The molecule has 0 radical (unpaired) electrons. The lowest BCUT2D eigenvalue weighted by atomic mass is 9.82. The quantitative estimate of drug-likeness (QED) is 0.828. The van der Waals surface area contributed by atoms with Crippen molar-refractivity contribution >= 4 is 35.1 Å². The first-order valence-corrected chi connectivity index (χ1v) is 7.85. The highest BCUT2D eigenvalue weighted by Crippen LogP contribution is 2.48. The standard InChI is InChI=1S/C16H15Cl2NO3/c17-11-4-3-10(12(18)6-11)7-19-15(20)13-8-1-2-9(5-8)14(13)16(21)22/h1-4,6,8-9,13-14H,5,7H2,(H,19,20)(H,21,22)/t8-,9-,13+,14+/m0/s1. The Morgan fingerprint density at radius 3 is 2.50 bits per heavy atom. The van der Waals surface area contributed by atoms with Crippen LogP contribution in [0.25, 0.3) is 0 Å². The van der Waals surface area contributed by atoms with Crippen molar-refractivity contribution in [1.82, 2.24) is 5.32 Å². The van der Waals surface area contributed by atoms with Crippen molar-refractivity contribution in [2.24, 2.45) is 23.7 Å². The molecule has 2 bridgehead atoms. The molecular weight excluding hydrogens is 325 g/mol. The Labute approximate surface area is 138 Å². The molecule has 1 amide bonds. The number of benzene rings is 1. The highest BCUT2D eigenvalue weighted by Gasteiger charge is 2.51. The van der Waals surface area contributed by atoms with Gasteiger partial charge in [0.05, 0.1) is 11.8 Å². The second-order valence-electron chi connectivity index (χ2n) is 5.79. The number of nitrogens with one attached hydrogen (secondary N) is 1. The van der Waals surface area contributed by atoms with Gasteiger partial charge in [-0.1, -0.05) is 41.4 Å². The third kappa shape index (κ3) is 2.73. The van der Waals surface area contributed by atoms with E-state index in [1.54, 1.807) is 18.2 Å². The van der Waals surface area contributed by atoms with Gasteiger partial charge in [0.25, 0.3) is 0 Å². The summed E-state index contributed by atoms with van der Waals surface area (Å²) in [6, 6.07) is 5.07. The summed E-state index contributed by atoms with van der Waals surface area (Å²) in [6.07, 6.45) is 4.63. The van der Waals surface area contributed by atoms with E-state index in [9.17, 15) is 14.7 Å². The Morgan fingerprint density at radius 1 is 1.18 bits per heavy atom. The lowest BCUT2D eigenvalue weighted by Gasteiger charge is -2.24. The first-order chi connectivity index (χ1) is 10.5. The highest BCUT2D eigenvalue weighted by atomic mass is 35.5. The predicted molar refractivity (Wildman–Crippen MR) is 83.7 cm³/mol. The van der Waals surface area contributed by atoms with Crippen molar-refractivity contribution in [1.29, 1.82) is 0 Å². The summed E-state index contributed by atoms with van der Waals surface area (Å²) in [7, 11) is 0. The molecule has 1 fully saturated rings. The van der Waals surface area contributed by atoms with Gasteiger partial charge >= 0.3 is 5.97 Å². The van der Waals surface area contributed by atoms with Gasteiger partial charge in [-0.15, -0.1) is 0 Å². The van der Waals surface area contributed by atoms with Crippen LogP contribution < -0.4 is 5.32 Å². The van der Waals surface area contributed by atoms with E-state index >= 15 is 0 Å². The zero-order chi connectivity index (χ0) is 15.9. The maximum atomic E-state index is 12.4. The smallest absolute Gasteiger partial charge is 0.307 e. The molecule has 6 heteroatoms. The van der Waals surface area contributed by atoms with Crippen molar-refractivity contribution < 1.29 is 14.7 Å². The van der Waals surface area contributed by atoms with E-state index in [-0.39, 0.29) is 24.3 Å². The minimum absolute atomic E-state index is 0.0202. The van der Waals surface area contributed by atoms with E-state index in [4.69, 9.17) is 23.2 Å². The van der Waals surface area contributed by atoms with Crippen LogP contribution in [-0.4, -0.2) is 17.0 Å². The van der Waals surface area contributed by atoms with Gasteiger partial charge < -0.3 is 10.4 Å². The van der Waals surface area contributed by atoms with Gasteiger partial charge in [0.1, 0.15) is 0 Å². The maximum absolute atomic E-state index is 12.4. The number of halogens is 2. The summed E-state index contributed by atoms with van der Waals surface area (Å²) < 4.78 is 0. The number of amides is 1. The van der Waals surface area contributed by atoms with Gasteiger partial charge in [0.15, 0.2) is 0 Å². The average Bonchev–Trinajstić information content (AvgIpc) is 3.06. The van der Waals surface area contributed by atoms with E-state index in [0.717, 1.165) is 12.0 Å². The molecule has 2 N–H and O–H groups in total. The van der Waals surface area contributed by atoms with Crippen molar-refractivity contribution in [3.8, 4) is 0 Å². The number of allylic oxidation sites excluding steroid dienone is 2. The fraction of sp³-hybridized carbons (Fsp3) is 0.375. The van der Waals surface area contributed by atoms with Gasteiger partial charge in [-0.2, -0.15) is 0 Å². The number of carboxylic acid groups (broad SMARTS) is 1. The second-order valence-corrected chi connectivity index (χ2v) is 6.64. The van der Waals surface area contributed by atoms with Crippen LogP contribution in [0.3, 0.4) is 0 Å². The number of carbonyl (C=O) groups excluding carboxylic acids is 1. The fourth-order valence-electron chi connectivity index (χ4n) is 3.48. The van der Waals surface area contributed by atoms with Crippen LogP contribution in [-0.2, 0) is 16.1 Å². The molecule has 0 spiro atoms. The van der Waals surface area contributed by atoms with Crippen molar-refractivity contribution in [2.75, 3.05) is 0 Å². The Hall–Kier alpha value is -1.52. The van der Waals surface area contributed by atoms with Gasteiger partial charge in [-0.3, -0.25) is 9.59 Å². The monoisotopic (exact) mass is 339 g/mol. The van der Waals surface area contributed by atoms with Crippen molar-refractivity contribution in [2.45, 2.75) is 13.0 Å². The summed E-state index contributed by atoms with van der Waals surface area (Å²) >= 11 is 11.9. The van der Waals surface area contributed by atoms with Gasteiger partial charge in [-0.05, 0) is 36.0 Å². The normalized spacial score (nSPS) is 28.8. The largest absolute Gasteiger partial charge is 0.481 e. The number of rotatable bonds is 4. The molecule has 22 heavy (non-hydrogen) atoms. The molecule has 2 aliphatic rings. The molecule has 1 aromatic rings. The number of hydrogen-bond donors (Lipinski definition) is 2. The third-order valence-electron chi connectivity index (χ3n) is 4.52. The molecule has 116 valence electrons. The highest BCUT2D eigenvalue weighted by molar-refractivity contribution is 6.35. The second kappa shape index (κ2) is 5.94. The van der Waals surface area contributed by atoms with E-state index in [0.29, 0.717) is 10.0 Å². The Balaban J connectivity index is 1.69. The SMILES string of the molecule is O=C(O)[C@H]1[C@H](C(=O)NCc2ccc(Cl)cc2Cl)[C@H]2C=C[C@H]1C2. The molecule has 0 unspecified atom stereocenters. The minimum atomic E-state index is -0.901. The number of carbonyl (C=O) groups is 2. The van der Waals surface area contributed by atoms with Gasteiger partial charge in [-0.25, -0.2) is 0 Å². The Morgan fingerprint density at radius 2 is 1.86 bits per heavy atom. The minimum Gasteiger partial charge on any atom is -0.481 e. The lowest BCUT2D eigenvalue weighted by molar-refractivity contribution is -0.147. The van der Waals surface area contributed by atoms with Crippen LogP contribution in [0.15, 0.2) is 30.4 Å². The van der Waals surface area contributed by atoms with Crippen LogP contribution >= 0.6 is 23.2 Å². The predicted octanol–water partition coefficient (Wildman–Crippen LogP) is 3.13. The van der Waals surface area contributed by atoms with Crippen molar-refractivity contribution in [3.63, 3.8) is 0 Å². The number of fused-ring (bicyclic) bond motifs is 2. The van der Waals surface area contributed by atoms with E-state index in [1.165, 1.54) is 0 Å². The molecule has 1 aromatic carbocycles. The molecule has 4 nitrogen and oxygen atoms in total. The van der Waals surface area contributed by atoms with Crippen molar-refractivity contribution in [3.05, 3.63) is 46.0 Å². The summed E-state index contributed by atoms with van der Waals surface area (Å²) in [5.74, 6) is -2.27. The first kappa shape index (κ1) is 15.4. The molecule has 2 aliphatic carbocycles. The fourth-order valence-corrected chi connectivity index (χ4v) is 3.96. The lowest BCUT2D eigenvalue weighted by Crippen LogP contribution is -2.39. The average molecular weight is 340 g/mol. The topological polar surface area (TPSA) is 66.4 Å². The molecule has 3 rings (SSSR count). The maximum Gasteiger partial charge on any atom is 0.307 e. The number of hydrogen-bond acceptors (Lipinski definition) is 2. The molecule has 4 atom stereocenters. The van der Waals surface area contributed by atoms with Gasteiger partial charge in [0.2, 0.25) is 5.91 Å². The molecular formula is C16H15Cl2NO3. The van der Waals surface area contributed by atoms with Crippen LogP contribution in [0.5, 0.6) is 0 Å². The van der Waals surface area contributed by atoms with E-state index in [2.05, 4.69) is 5.32 Å². The number of carboxylic acids is 1. The Kier molecular flexibility index (Phi) is 4.15. The number of aliphatic carboxylic acids is 1. The summed E-state index contributed by atoms with van der Waals surface area (Å²) in [5, 5.41) is 13.2. The molecule has 0 aromatic heterocycles. The van der Waals surface area contributed by atoms with Crippen LogP contribution in [0.1, 0.15) is 12.0 Å². The molecule has 0 saturated heterocycles. The summed E-state index contributed by atoms with van der Waals surface area (Å²) in [5.41, 5.74) is 0.755. The van der Waals surface area contributed by atoms with Crippen LogP contribution in [0.2, 0.25) is 10.0 Å². The Bertz CT molecular complexity index is 659.